The van der Waals surface area contributed by atoms with Gasteiger partial charge in [0.2, 0.25) is 0 Å². The van der Waals surface area contributed by atoms with Crippen LogP contribution in [0.2, 0.25) is 0 Å². The topological polar surface area (TPSA) is 84.1 Å². The first kappa shape index (κ1) is 14.9. The Morgan fingerprint density at radius 2 is 2.00 bits per heavy atom. The van der Waals surface area contributed by atoms with Gasteiger partial charge in [-0.1, -0.05) is 6.07 Å². The fourth-order valence-electron chi connectivity index (χ4n) is 2.09. The summed E-state index contributed by atoms with van der Waals surface area (Å²) in [4.78, 5) is 22.7. The molecule has 0 bridgehead atoms. The molecule has 3 N–H and O–H groups in total. The zero-order chi connectivity index (χ0) is 15.4. The van der Waals surface area contributed by atoms with Gasteiger partial charge < -0.3 is 10.3 Å². The van der Waals surface area contributed by atoms with Crippen LogP contribution in [0.15, 0.2) is 30.3 Å². The summed E-state index contributed by atoms with van der Waals surface area (Å²) in [5.74, 6) is 5.73. The average Bonchev–Trinajstić information content (AvgIpc) is 2.45. The van der Waals surface area contributed by atoms with Crippen molar-refractivity contribution in [1.29, 1.82) is 0 Å². The summed E-state index contributed by atoms with van der Waals surface area (Å²) in [5.41, 5.74) is 5.53. The number of hydrazine groups is 1. The van der Waals surface area contributed by atoms with Crippen LogP contribution in [0.1, 0.15) is 27.4 Å². The van der Waals surface area contributed by atoms with Gasteiger partial charge in [0, 0.05) is 24.0 Å². The molecule has 0 aliphatic rings. The maximum atomic E-state index is 12.5. The summed E-state index contributed by atoms with van der Waals surface area (Å²) < 4.78 is 0. The van der Waals surface area contributed by atoms with Crippen LogP contribution >= 0.6 is 0 Å². The first-order chi connectivity index (χ1) is 9.99. The Kier molecular flexibility index (Phi) is 4.49. The molecule has 6 nitrogen and oxygen atoms in total. The number of amides is 1. The molecule has 110 valence electrons. The lowest BCUT2D eigenvalue weighted by Crippen LogP contribution is -2.27. The van der Waals surface area contributed by atoms with Crippen LogP contribution in [0, 0.1) is 13.8 Å². The Bertz CT molecular complexity index is 656. The van der Waals surface area contributed by atoms with Crippen LogP contribution in [-0.2, 0) is 6.54 Å². The Morgan fingerprint density at radius 3 is 2.67 bits per heavy atom. The normalized spacial score (nSPS) is 10.3. The number of nitrogens with zero attached hydrogens (tertiary/aromatic N) is 3. The van der Waals surface area contributed by atoms with Crippen LogP contribution in [0.25, 0.3) is 0 Å². The second-order valence-electron chi connectivity index (χ2n) is 4.96. The van der Waals surface area contributed by atoms with E-state index in [9.17, 15) is 4.79 Å². The number of pyridine rings is 2. The van der Waals surface area contributed by atoms with Gasteiger partial charge >= 0.3 is 0 Å². The third-order valence-corrected chi connectivity index (χ3v) is 3.04. The van der Waals surface area contributed by atoms with E-state index in [4.69, 9.17) is 5.84 Å². The highest BCUT2D eigenvalue weighted by Crippen LogP contribution is 2.12. The monoisotopic (exact) mass is 285 g/mol. The standard InChI is InChI=1S/C15H19N5O/c1-10-5-4-6-13(17-10)9-20(3)15(21)12-7-11(2)18-14(8-12)19-16/h4-8H,9,16H2,1-3H3,(H,18,19). The predicted octanol–water partition coefficient (Wildman–Crippen LogP) is 1.65. The molecule has 0 fully saturated rings. The van der Waals surface area contributed by atoms with E-state index in [1.165, 1.54) is 0 Å². The van der Waals surface area contributed by atoms with Crippen LogP contribution in [0.5, 0.6) is 0 Å². The average molecular weight is 285 g/mol. The first-order valence-corrected chi connectivity index (χ1v) is 6.63. The van der Waals surface area contributed by atoms with Crippen molar-refractivity contribution in [1.82, 2.24) is 14.9 Å². The zero-order valence-electron chi connectivity index (χ0n) is 12.4. The van der Waals surface area contributed by atoms with Crippen LogP contribution in [0.4, 0.5) is 5.82 Å². The number of aromatic nitrogens is 2. The van der Waals surface area contributed by atoms with E-state index in [2.05, 4.69) is 15.4 Å². The van der Waals surface area contributed by atoms with Crippen molar-refractivity contribution >= 4 is 11.7 Å². The molecule has 0 saturated carbocycles. The number of nitrogen functional groups attached to an aromatic ring is 1. The minimum absolute atomic E-state index is 0.0969. The molecule has 0 spiro atoms. The number of hydrogen-bond donors (Lipinski definition) is 2. The molecule has 2 aromatic heterocycles. The smallest absolute Gasteiger partial charge is 0.254 e. The van der Waals surface area contributed by atoms with E-state index < -0.39 is 0 Å². The second kappa shape index (κ2) is 6.32. The molecule has 21 heavy (non-hydrogen) atoms. The van der Waals surface area contributed by atoms with Crippen molar-refractivity contribution < 1.29 is 4.79 Å². The molecule has 0 aliphatic heterocycles. The van der Waals surface area contributed by atoms with Gasteiger partial charge in [0.1, 0.15) is 5.82 Å². The molecule has 0 saturated heterocycles. The van der Waals surface area contributed by atoms with E-state index in [0.29, 0.717) is 17.9 Å². The highest BCUT2D eigenvalue weighted by molar-refractivity contribution is 5.94. The molecule has 2 rings (SSSR count). The van der Waals surface area contributed by atoms with Gasteiger partial charge in [-0.25, -0.2) is 10.8 Å². The van der Waals surface area contributed by atoms with Gasteiger partial charge in [-0.2, -0.15) is 0 Å². The molecular weight excluding hydrogens is 266 g/mol. The molecular formula is C15H19N5O. The van der Waals surface area contributed by atoms with Crippen molar-refractivity contribution in [3.8, 4) is 0 Å². The Morgan fingerprint density at radius 1 is 1.24 bits per heavy atom. The summed E-state index contributed by atoms with van der Waals surface area (Å²) in [6, 6.07) is 9.14. The number of anilines is 1. The minimum Gasteiger partial charge on any atom is -0.336 e. The molecule has 2 aromatic rings. The lowest BCUT2D eigenvalue weighted by atomic mass is 10.2. The Hall–Kier alpha value is -2.47. The van der Waals surface area contributed by atoms with E-state index in [-0.39, 0.29) is 5.91 Å². The van der Waals surface area contributed by atoms with Gasteiger partial charge in [-0.3, -0.25) is 9.78 Å². The fourth-order valence-corrected chi connectivity index (χ4v) is 2.09. The van der Waals surface area contributed by atoms with Gasteiger partial charge in [-0.15, -0.1) is 0 Å². The van der Waals surface area contributed by atoms with Crippen molar-refractivity contribution in [3.63, 3.8) is 0 Å². The number of rotatable bonds is 4. The SMILES string of the molecule is Cc1cccc(CN(C)C(=O)c2cc(C)nc(NN)c2)n1. The summed E-state index contributed by atoms with van der Waals surface area (Å²) in [5, 5.41) is 0. The molecule has 0 atom stereocenters. The van der Waals surface area contributed by atoms with E-state index in [1.54, 1.807) is 24.1 Å². The maximum Gasteiger partial charge on any atom is 0.254 e. The van der Waals surface area contributed by atoms with Crippen LogP contribution in [-0.4, -0.2) is 27.8 Å². The molecule has 6 heteroatoms. The minimum atomic E-state index is -0.0969. The van der Waals surface area contributed by atoms with Crippen LogP contribution in [0.3, 0.4) is 0 Å². The number of aryl methyl sites for hydroxylation is 2. The van der Waals surface area contributed by atoms with Gasteiger partial charge in [0.05, 0.1) is 12.2 Å². The molecule has 0 radical (unpaired) electrons. The van der Waals surface area contributed by atoms with E-state index >= 15 is 0 Å². The fraction of sp³-hybridized carbons (Fsp3) is 0.267. The number of hydrogen-bond acceptors (Lipinski definition) is 5. The van der Waals surface area contributed by atoms with Crippen molar-refractivity contribution in [3.05, 3.63) is 53.0 Å². The lowest BCUT2D eigenvalue weighted by Gasteiger charge is -2.17. The van der Waals surface area contributed by atoms with Crippen molar-refractivity contribution in [2.24, 2.45) is 5.84 Å². The summed E-state index contributed by atoms with van der Waals surface area (Å²) in [6.07, 6.45) is 0. The Labute approximate surface area is 124 Å². The van der Waals surface area contributed by atoms with Crippen molar-refractivity contribution in [2.45, 2.75) is 20.4 Å². The van der Waals surface area contributed by atoms with Gasteiger partial charge in [0.25, 0.3) is 5.91 Å². The van der Waals surface area contributed by atoms with E-state index in [1.807, 2.05) is 32.0 Å². The first-order valence-electron chi connectivity index (χ1n) is 6.63. The third kappa shape index (κ3) is 3.76. The number of nitrogens with one attached hydrogen (secondary N) is 1. The summed E-state index contributed by atoms with van der Waals surface area (Å²) in [6.45, 7) is 4.20. The highest BCUT2D eigenvalue weighted by Gasteiger charge is 2.14. The number of carbonyl (C=O) groups excluding carboxylic acids is 1. The molecule has 1 amide bonds. The summed E-state index contributed by atoms with van der Waals surface area (Å²) >= 11 is 0. The molecule has 2 heterocycles. The molecule has 0 aliphatic carbocycles. The maximum absolute atomic E-state index is 12.5. The van der Waals surface area contributed by atoms with Gasteiger partial charge in [0.15, 0.2) is 0 Å². The largest absolute Gasteiger partial charge is 0.336 e. The Balaban J connectivity index is 2.17. The quantitative estimate of drug-likeness (QED) is 0.659. The third-order valence-electron chi connectivity index (χ3n) is 3.04. The molecule has 0 unspecified atom stereocenters. The number of carbonyl (C=O) groups is 1. The number of nitrogens with two attached hydrogens (primary N) is 1. The zero-order valence-corrected chi connectivity index (χ0v) is 12.4. The highest BCUT2D eigenvalue weighted by atomic mass is 16.2. The second-order valence-corrected chi connectivity index (χ2v) is 4.96. The van der Waals surface area contributed by atoms with Crippen LogP contribution < -0.4 is 11.3 Å². The van der Waals surface area contributed by atoms with E-state index in [0.717, 1.165) is 17.1 Å². The van der Waals surface area contributed by atoms with Gasteiger partial charge in [-0.05, 0) is 38.1 Å². The molecule has 0 aromatic carbocycles. The predicted molar refractivity (Wildman–Crippen MR) is 81.6 cm³/mol. The lowest BCUT2D eigenvalue weighted by molar-refractivity contribution is 0.0783. The van der Waals surface area contributed by atoms with Crippen molar-refractivity contribution in [2.75, 3.05) is 12.5 Å². The summed E-state index contributed by atoms with van der Waals surface area (Å²) in [7, 11) is 1.75.